The first-order chi connectivity index (χ1) is 7.27. The average molecular weight is 212 g/mol. The molecule has 0 amide bonds. The summed E-state index contributed by atoms with van der Waals surface area (Å²) in [5.41, 5.74) is 5.35. The Labute approximate surface area is 88.6 Å². The highest BCUT2D eigenvalue weighted by Crippen LogP contribution is 2.08. The van der Waals surface area contributed by atoms with Crippen molar-refractivity contribution in [2.75, 3.05) is 20.2 Å². The van der Waals surface area contributed by atoms with Gasteiger partial charge in [0.2, 0.25) is 5.76 Å². The summed E-state index contributed by atoms with van der Waals surface area (Å²) in [6.45, 7) is 2.10. The molecule has 0 unspecified atom stereocenters. The lowest BCUT2D eigenvalue weighted by molar-refractivity contribution is 0.0563. The number of rotatable bonds is 6. The van der Waals surface area contributed by atoms with Crippen LogP contribution in [0.2, 0.25) is 0 Å². The van der Waals surface area contributed by atoms with Crippen LogP contribution < -0.4 is 11.1 Å². The summed E-state index contributed by atoms with van der Waals surface area (Å²) in [4.78, 5) is 11.1. The van der Waals surface area contributed by atoms with Gasteiger partial charge in [0.1, 0.15) is 5.76 Å². The zero-order valence-electron chi connectivity index (χ0n) is 8.79. The van der Waals surface area contributed by atoms with Gasteiger partial charge in [0.15, 0.2) is 0 Å². The molecular weight excluding hydrogens is 196 g/mol. The van der Waals surface area contributed by atoms with Crippen LogP contribution in [0, 0.1) is 0 Å². The predicted molar refractivity (Wildman–Crippen MR) is 55.4 cm³/mol. The van der Waals surface area contributed by atoms with Crippen LogP contribution >= 0.6 is 0 Å². The van der Waals surface area contributed by atoms with Gasteiger partial charge in [0, 0.05) is 0 Å². The molecule has 15 heavy (non-hydrogen) atoms. The van der Waals surface area contributed by atoms with E-state index in [0.717, 1.165) is 13.0 Å². The molecule has 0 aliphatic carbocycles. The molecule has 1 aromatic rings. The second kappa shape index (κ2) is 6.21. The van der Waals surface area contributed by atoms with E-state index in [-0.39, 0.29) is 5.76 Å². The Morgan fingerprint density at radius 2 is 2.40 bits per heavy atom. The summed E-state index contributed by atoms with van der Waals surface area (Å²) < 4.78 is 9.77. The van der Waals surface area contributed by atoms with Crippen LogP contribution in [0.25, 0.3) is 0 Å². The van der Waals surface area contributed by atoms with Gasteiger partial charge in [-0.1, -0.05) is 0 Å². The third-order valence-electron chi connectivity index (χ3n) is 1.91. The molecule has 0 aromatic carbocycles. The highest BCUT2D eigenvalue weighted by Gasteiger charge is 2.10. The third kappa shape index (κ3) is 3.73. The maximum Gasteiger partial charge on any atom is 0.373 e. The number of methoxy groups -OCH3 is 1. The zero-order valence-corrected chi connectivity index (χ0v) is 8.79. The fourth-order valence-corrected chi connectivity index (χ4v) is 1.12. The standard InChI is InChI=1S/C10H16N2O3/c1-14-10(13)9-4-3-8(15-9)7-12-6-2-5-11/h3-4,12H,2,5-7,11H2,1H3. The van der Waals surface area contributed by atoms with Gasteiger partial charge in [-0.15, -0.1) is 0 Å². The number of carbonyl (C=O) groups excluding carboxylic acids is 1. The highest BCUT2D eigenvalue weighted by molar-refractivity contribution is 5.86. The zero-order chi connectivity index (χ0) is 11.1. The molecule has 5 nitrogen and oxygen atoms in total. The van der Waals surface area contributed by atoms with E-state index in [0.29, 0.717) is 18.8 Å². The van der Waals surface area contributed by atoms with Crippen LogP contribution in [-0.4, -0.2) is 26.2 Å². The Bertz CT molecular complexity index is 309. The average Bonchev–Trinajstić information content (AvgIpc) is 2.72. The summed E-state index contributed by atoms with van der Waals surface area (Å²) in [5.74, 6) is 0.490. The molecule has 0 saturated carbocycles. The van der Waals surface area contributed by atoms with Crippen molar-refractivity contribution < 1.29 is 13.9 Å². The SMILES string of the molecule is COC(=O)c1ccc(CNCCCN)o1. The van der Waals surface area contributed by atoms with Gasteiger partial charge >= 0.3 is 5.97 Å². The van der Waals surface area contributed by atoms with Crippen LogP contribution in [0.3, 0.4) is 0 Å². The van der Waals surface area contributed by atoms with Crippen molar-refractivity contribution in [1.82, 2.24) is 5.32 Å². The van der Waals surface area contributed by atoms with Crippen LogP contribution in [-0.2, 0) is 11.3 Å². The summed E-state index contributed by atoms with van der Waals surface area (Å²) in [5, 5.41) is 3.15. The van der Waals surface area contributed by atoms with Gasteiger partial charge in [-0.05, 0) is 31.6 Å². The minimum atomic E-state index is -0.455. The van der Waals surface area contributed by atoms with Gasteiger partial charge in [0.05, 0.1) is 13.7 Å². The summed E-state index contributed by atoms with van der Waals surface area (Å²) in [6, 6.07) is 3.35. The number of furan rings is 1. The van der Waals surface area contributed by atoms with E-state index in [1.165, 1.54) is 7.11 Å². The van der Waals surface area contributed by atoms with E-state index < -0.39 is 5.97 Å². The molecule has 1 rings (SSSR count). The summed E-state index contributed by atoms with van der Waals surface area (Å²) in [7, 11) is 1.32. The molecule has 84 valence electrons. The molecule has 0 fully saturated rings. The molecule has 3 N–H and O–H groups in total. The molecule has 0 saturated heterocycles. The van der Waals surface area contributed by atoms with Crippen molar-refractivity contribution in [1.29, 1.82) is 0 Å². The van der Waals surface area contributed by atoms with E-state index in [2.05, 4.69) is 10.1 Å². The molecule has 1 heterocycles. The van der Waals surface area contributed by atoms with E-state index in [9.17, 15) is 4.79 Å². The number of hydrogen-bond donors (Lipinski definition) is 2. The number of carbonyl (C=O) groups is 1. The summed E-state index contributed by atoms with van der Waals surface area (Å²) >= 11 is 0. The van der Waals surface area contributed by atoms with Gasteiger partial charge in [-0.2, -0.15) is 0 Å². The van der Waals surface area contributed by atoms with E-state index in [4.69, 9.17) is 10.2 Å². The minimum absolute atomic E-state index is 0.230. The van der Waals surface area contributed by atoms with Gasteiger partial charge in [0.25, 0.3) is 0 Å². The number of hydrogen-bond acceptors (Lipinski definition) is 5. The molecule has 0 radical (unpaired) electrons. The van der Waals surface area contributed by atoms with E-state index in [1.54, 1.807) is 12.1 Å². The first kappa shape index (κ1) is 11.7. The predicted octanol–water partition coefficient (Wildman–Crippen LogP) is 0.505. The number of nitrogens with one attached hydrogen (secondary N) is 1. The molecular formula is C10H16N2O3. The van der Waals surface area contributed by atoms with Crippen LogP contribution in [0.15, 0.2) is 16.5 Å². The number of nitrogens with two attached hydrogens (primary N) is 1. The van der Waals surface area contributed by atoms with Crippen LogP contribution in [0.4, 0.5) is 0 Å². The van der Waals surface area contributed by atoms with Crippen LogP contribution in [0.1, 0.15) is 22.7 Å². The number of esters is 1. The van der Waals surface area contributed by atoms with Crippen molar-refractivity contribution in [2.24, 2.45) is 5.73 Å². The van der Waals surface area contributed by atoms with Gasteiger partial charge in [-0.25, -0.2) is 4.79 Å². The number of ether oxygens (including phenoxy) is 1. The smallest absolute Gasteiger partial charge is 0.373 e. The lowest BCUT2D eigenvalue weighted by Crippen LogP contribution is -2.17. The Morgan fingerprint density at radius 1 is 1.60 bits per heavy atom. The maximum atomic E-state index is 11.1. The first-order valence-electron chi connectivity index (χ1n) is 4.85. The Morgan fingerprint density at radius 3 is 3.07 bits per heavy atom. The fourth-order valence-electron chi connectivity index (χ4n) is 1.12. The van der Waals surface area contributed by atoms with E-state index in [1.807, 2.05) is 0 Å². The Balaban J connectivity index is 2.36. The van der Waals surface area contributed by atoms with Gasteiger partial charge in [-0.3, -0.25) is 0 Å². The third-order valence-corrected chi connectivity index (χ3v) is 1.91. The Kier molecular flexibility index (Phi) is 4.86. The Hall–Kier alpha value is -1.33. The van der Waals surface area contributed by atoms with Crippen molar-refractivity contribution in [2.45, 2.75) is 13.0 Å². The molecule has 0 aliphatic heterocycles. The van der Waals surface area contributed by atoms with Gasteiger partial charge < -0.3 is 20.2 Å². The molecule has 0 spiro atoms. The second-order valence-electron chi connectivity index (χ2n) is 3.08. The second-order valence-corrected chi connectivity index (χ2v) is 3.08. The molecule has 0 aliphatic rings. The normalized spacial score (nSPS) is 10.3. The minimum Gasteiger partial charge on any atom is -0.463 e. The molecule has 1 aromatic heterocycles. The quantitative estimate of drug-likeness (QED) is 0.530. The maximum absolute atomic E-state index is 11.1. The molecule has 0 bridgehead atoms. The highest BCUT2D eigenvalue weighted by atomic mass is 16.5. The van der Waals surface area contributed by atoms with Crippen molar-refractivity contribution >= 4 is 5.97 Å². The van der Waals surface area contributed by atoms with E-state index >= 15 is 0 Å². The first-order valence-corrected chi connectivity index (χ1v) is 4.85. The molecule has 0 atom stereocenters. The lowest BCUT2D eigenvalue weighted by Gasteiger charge is -2.00. The van der Waals surface area contributed by atoms with Crippen molar-refractivity contribution in [3.63, 3.8) is 0 Å². The van der Waals surface area contributed by atoms with Crippen LogP contribution in [0.5, 0.6) is 0 Å². The fraction of sp³-hybridized carbons (Fsp3) is 0.500. The van der Waals surface area contributed by atoms with Crippen molar-refractivity contribution in [3.05, 3.63) is 23.7 Å². The topological polar surface area (TPSA) is 77.5 Å². The largest absolute Gasteiger partial charge is 0.463 e. The summed E-state index contributed by atoms with van der Waals surface area (Å²) in [6.07, 6.45) is 0.921. The lowest BCUT2D eigenvalue weighted by atomic mass is 10.4. The molecule has 5 heteroatoms. The monoisotopic (exact) mass is 212 g/mol. The van der Waals surface area contributed by atoms with Crippen molar-refractivity contribution in [3.8, 4) is 0 Å².